The standard InChI is InChI=1S/C9H17N5/c1-14-9(10)12-8(13-14)7-5-3-2-4-6-11-7/h7,11H,2-6H2,1H3,(H2,10,12,13). The van der Waals surface area contributed by atoms with Gasteiger partial charge in [0.1, 0.15) is 0 Å². The van der Waals surface area contributed by atoms with Crippen LogP contribution in [-0.2, 0) is 7.05 Å². The highest BCUT2D eigenvalue weighted by Gasteiger charge is 2.18. The third kappa shape index (κ3) is 1.87. The monoisotopic (exact) mass is 195 g/mol. The van der Waals surface area contributed by atoms with E-state index in [1.54, 1.807) is 4.68 Å². The van der Waals surface area contributed by atoms with Gasteiger partial charge in [0.15, 0.2) is 5.82 Å². The number of aromatic nitrogens is 3. The molecule has 0 saturated carbocycles. The molecule has 1 fully saturated rings. The SMILES string of the molecule is Cn1nc(C2CCCCCN2)nc1N. The number of nitrogens with two attached hydrogens (primary N) is 1. The molecule has 0 amide bonds. The van der Waals surface area contributed by atoms with E-state index in [0.29, 0.717) is 12.0 Å². The Morgan fingerprint density at radius 3 is 3.00 bits per heavy atom. The summed E-state index contributed by atoms with van der Waals surface area (Å²) in [6, 6.07) is 0.293. The molecular formula is C9H17N5. The van der Waals surface area contributed by atoms with Crippen molar-refractivity contribution in [1.82, 2.24) is 20.1 Å². The highest BCUT2D eigenvalue weighted by atomic mass is 15.4. The van der Waals surface area contributed by atoms with Gasteiger partial charge in [0.05, 0.1) is 6.04 Å². The molecule has 3 N–H and O–H groups in total. The Morgan fingerprint density at radius 1 is 1.43 bits per heavy atom. The van der Waals surface area contributed by atoms with Crippen molar-refractivity contribution in [2.24, 2.45) is 7.05 Å². The van der Waals surface area contributed by atoms with Crippen molar-refractivity contribution in [2.75, 3.05) is 12.3 Å². The van der Waals surface area contributed by atoms with Gasteiger partial charge in [0.25, 0.3) is 0 Å². The van der Waals surface area contributed by atoms with Gasteiger partial charge in [0.2, 0.25) is 5.95 Å². The Labute approximate surface area is 83.7 Å². The molecule has 1 atom stereocenters. The summed E-state index contributed by atoms with van der Waals surface area (Å²) in [6.07, 6.45) is 4.91. The van der Waals surface area contributed by atoms with E-state index in [-0.39, 0.29) is 0 Å². The van der Waals surface area contributed by atoms with E-state index in [4.69, 9.17) is 5.73 Å². The van der Waals surface area contributed by atoms with Crippen molar-refractivity contribution in [2.45, 2.75) is 31.7 Å². The number of nitrogens with one attached hydrogen (secondary N) is 1. The molecule has 5 nitrogen and oxygen atoms in total. The van der Waals surface area contributed by atoms with Gasteiger partial charge in [-0.1, -0.05) is 12.8 Å². The van der Waals surface area contributed by atoms with Gasteiger partial charge >= 0.3 is 0 Å². The Morgan fingerprint density at radius 2 is 2.29 bits per heavy atom. The van der Waals surface area contributed by atoms with E-state index in [2.05, 4.69) is 15.4 Å². The lowest BCUT2D eigenvalue weighted by atomic mass is 10.1. The molecule has 0 aromatic carbocycles. The Bertz CT molecular complexity index is 279. The number of nitrogen functional groups attached to an aromatic ring is 1. The van der Waals surface area contributed by atoms with Gasteiger partial charge in [-0.25, -0.2) is 4.68 Å². The number of hydrogen-bond acceptors (Lipinski definition) is 4. The summed E-state index contributed by atoms with van der Waals surface area (Å²) in [4.78, 5) is 4.24. The number of aryl methyl sites for hydroxylation is 1. The second-order valence-corrected chi connectivity index (χ2v) is 3.81. The Hall–Kier alpha value is -1.10. The van der Waals surface area contributed by atoms with Crippen LogP contribution in [-0.4, -0.2) is 21.3 Å². The second-order valence-electron chi connectivity index (χ2n) is 3.81. The smallest absolute Gasteiger partial charge is 0.218 e. The molecule has 2 heterocycles. The normalized spacial score (nSPS) is 23.4. The maximum atomic E-state index is 5.65. The first-order valence-electron chi connectivity index (χ1n) is 5.17. The van der Waals surface area contributed by atoms with Crippen LogP contribution in [0.2, 0.25) is 0 Å². The van der Waals surface area contributed by atoms with Gasteiger partial charge in [-0.15, -0.1) is 0 Å². The highest BCUT2D eigenvalue weighted by Crippen LogP contribution is 2.20. The maximum absolute atomic E-state index is 5.65. The van der Waals surface area contributed by atoms with Gasteiger partial charge in [0, 0.05) is 7.05 Å². The quantitative estimate of drug-likeness (QED) is 0.688. The van der Waals surface area contributed by atoms with Gasteiger partial charge in [-0.2, -0.15) is 10.1 Å². The summed E-state index contributed by atoms with van der Waals surface area (Å²) in [5.41, 5.74) is 5.65. The molecule has 1 aliphatic heterocycles. The molecule has 0 bridgehead atoms. The lowest BCUT2D eigenvalue weighted by molar-refractivity contribution is 0.504. The second kappa shape index (κ2) is 3.96. The number of rotatable bonds is 1. The van der Waals surface area contributed by atoms with Crippen LogP contribution in [0.1, 0.15) is 37.5 Å². The van der Waals surface area contributed by atoms with Gasteiger partial charge in [-0.05, 0) is 19.4 Å². The van der Waals surface area contributed by atoms with Crippen molar-refractivity contribution < 1.29 is 0 Å². The van der Waals surface area contributed by atoms with E-state index >= 15 is 0 Å². The molecule has 5 heteroatoms. The van der Waals surface area contributed by atoms with Crippen LogP contribution in [0.3, 0.4) is 0 Å². The summed E-state index contributed by atoms with van der Waals surface area (Å²) in [5, 5.41) is 7.74. The lowest BCUT2D eigenvalue weighted by Crippen LogP contribution is -2.21. The van der Waals surface area contributed by atoms with Gasteiger partial charge in [-0.3, -0.25) is 0 Å². The molecule has 0 spiro atoms. The van der Waals surface area contributed by atoms with E-state index < -0.39 is 0 Å². The number of hydrogen-bond donors (Lipinski definition) is 2. The first kappa shape index (κ1) is 9.45. The van der Waals surface area contributed by atoms with Crippen molar-refractivity contribution in [3.05, 3.63) is 5.82 Å². The molecule has 1 unspecified atom stereocenters. The van der Waals surface area contributed by atoms with Crippen LogP contribution in [0.15, 0.2) is 0 Å². The Kier molecular flexibility index (Phi) is 2.67. The average molecular weight is 195 g/mol. The number of nitrogens with zero attached hydrogens (tertiary/aromatic N) is 3. The molecule has 0 aliphatic carbocycles. The van der Waals surface area contributed by atoms with Crippen LogP contribution >= 0.6 is 0 Å². The van der Waals surface area contributed by atoms with Crippen LogP contribution in [0.4, 0.5) is 5.95 Å². The summed E-state index contributed by atoms with van der Waals surface area (Å²) >= 11 is 0. The minimum atomic E-state index is 0.293. The summed E-state index contributed by atoms with van der Waals surface area (Å²) < 4.78 is 1.63. The largest absolute Gasteiger partial charge is 0.368 e. The van der Waals surface area contributed by atoms with Crippen molar-refractivity contribution in [1.29, 1.82) is 0 Å². The van der Waals surface area contributed by atoms with Crippen LogP contribution in [0.25, 0.3) is 0 Å². The van der Waals surface area contributed by atoms with Crippen LogP contribution < -0.4 is 11.1 Å². The van der Waals surface area contributed by atoms with Crippen molar-refractivity contribution >= 4 is 5.95 Å². The fraction of sp³-hybridized carbons (Fsp3) is 0.778. The molecule has 14 heavy (non-hydrogen) atoms. The van der Waals surface area contributed by atoms with E-state index in [1.807, 2.05) is 7.05 Å². The fourth-order valence-electron chi connectivity index (χ4n) is 1.81. The molecule has 2 rings (SSSR count). The first-order chi connectivity index (χ1) is 6.77. The zero-order valence-corrected chi connectivity index (χ0v) is 8.53. The van der Waals surface area contributed by atoms with E-state index in [0.717, 1.165) is 18.8 Å². The summed E-state index contributed by atoms with van der Waals surface area (Å²) in [6.45, 7) is 1.06. The molecular weight excluding hydrogens is 178 g/mol. The predicted molar refractivity (Wildman–Crippen MR) is 54.6 cm³/mol. The third-order valence-corrected chi connectivity index (χ3v) is 2.69. The molecule has 1 aromatic heterocycles. The average Bonchev–Trinajstić information content (AvgIpc) is 2.46. The summed E-state index contributed by atoms with van der Waals surface area (Å²) in [7, 11) is 1.82. The summed E-state index contributed by atoms with van der Waals surface area (Å²) in [5.74, 6) is 1.33. The van der Waals surface area contributed by atoms with E-state index in [9.17, 15) is 0 Å². The molecule has 1 aromatic rings. The van der Waals surface area contributed by atoms with Crippen LogP contribution in [0, 0.1) is 0 Å². The van der Waals surface area contributed by atoms with E-state index in [1.165, 1.54) is 19.3 Å². The fourth-order valence-corrected chi connectivity index (χ4v) is 1.81. The predicted octanol–water partition coefficient (Wildman–Crippen LogP) is 0.602. The molecule has 0 radical (unpaired) electrons. The van der Waals surface area contributed by atoms with Crippen molar-refractivity contribution in [3.8, 4) is 0 Å². The number of anilines is 1. The third-order valence-electron chi connectivity index (χ3n) is 2.69. The first-order valence-corrected chi connectivity index (χ1v) is 5.17. The minimum absolute atomic E-state index is 0.293. The lowest BCUT2D eigenvalue weighted by Gasteiger charge is -2.10. The van der Waals surface area contributed by atoms with Gasteiger partial charge < -0.3 is 11.1 Å². The van der Waals surface area contributed by atoms with Crippen molar-refractivity contribution in [3.63, 3.8) is 0 Å². The highest BCUT2D eigenvalue weighted by molar-refractivity contribution is 5.16. The molecule has 1 aliphatic rings. The molecule has 78 valence electrons. The minimum Gasteiger partial charge on any atom is -0.368 e. The zero-order chi connectivity index (χ0) is 9.97. The van der Waals surface area contributed by atoms with Crippen LogP contribution in [0.5, 0.6) is 0 Å². The topological polar surface area (TPSA) is 68.8 Å². The Balaban J connectivity index is 2.12. The molecule has 1 saturated heterocycles. The zero-order valence-electron chi connectivity index (χ0n) is 8.53. The maximum Gasteiger partial charge on any atom is 0.218 e.